The van der Waals surface area contributed by atoms with Gasteiger partial charge in [0.2, 0.25) is 0 Å². The zero-order valence-corrected chi connectivity index (χ0v) is 10.7. The molecule has 0 unspecified atom stereocenters. The Hall–Kier alpha value is -1.04. The quantitative estimate of drug-likeness (QED) is 0.725. The third-order valence-electron chi connectivity index (χ3n) is 2.37. The maximum absolute atomic E-state index is 2.21. The zero-order chi connectivity index (χ0) is 10.7. The van der Waals surface area contributed by atoms with Gasteiger partial charge in [-0.1, -0.05) is 0 Å². The van der Waals surface area contributed by atoms with Crippen LogP contribution in [-0.2, 0) is 0 Å². The van der Waals surface area contributed by atoms with Gasteiger partial charge in [-0.15, -0.1) is 0 Å². The van der Waals surface area contributed by atoms with E-state index in [1.807, 2.05) is 0 Å². The van der Waals surface area contributed by atoms with E-state index < -0.39 is 0 Å². The number of aryl methyl sites for hydroxylation is 2. The van der Waals surface area contributed by atoms with Gasteiger partial charge in [0.15, 0.2) is 0 Å². The number of hydrogen-bond donors (Lipinski definition) is 0. The topological polar surface area (TPSA) is 0 Å². The predicted octanol–water partition coefficient (Wildman–Crippen LogP) is 1.96. The van der Waals surface area contributed by atoms with Crippen LogP contribution < -0.4 is 8.92 Å². The van der Waals surface area contributed by atoms with Gasteiger partial charge in [-0.2, -0.15) is 0 Å². The Balaban J connectivity index is 2.32. The predicted molar refractivity (Wildman–Crippen MR) is 67.4 cm³/mol. The molecular weight excluding hydrogens is 247 g/mol. The number of rotatable bonds is 2. The summed E-state index contributed by atoms with van der Waals surface area (Å²) in [4.78, 5) is 0. The monoisotopic (exact) mass is 262 g/mol. The van der Waals surface area contributed by atoms with Crippen molar-refractivity contribution in [3.8, 4) is 0 Å². The molecule has 76 valence electrons. The van der Waals surface area contributed by atoms with Crippen LogP contribution in [0.1, 0.15) is 11.1 Å². The minimum atomic E-state index is 0.441. The van der Waals surface area contributed by atoms with Crippen LogP contribution >= 0.6 is 0 Å². The molecule has 1 heteroatoms. The Morgan fingerprint density at radius 2 is 1.33 bits per heavy atom. The van der Waals surface area contributed by atoms with Crippen LogP contribution in [0.4, 0.5) is 0 Å². The first kappa shape index (κ1) is 10.5. The third kappa shape index (κ3) is 2.50. The van der Waals surface area contributed by atoms with Crippen molar-refractivity contribution < 1.29 is 0 Å². The van der Waals surface area contributed by atoms with E-state index in [1.165, 1.54) is 20.1 Å². The van der Waals surface area contributed by atoms with Crippen molar-refractivity contribution >= 4 is 23.9 Å². The van der Waals surface area contributed by atoms with Gasteiger partial charge in [0.1, 0.15) is 0 Å². The van der Waals surface area contributed by atoms with Gasteiger partial charge in [0.25, 0.3) is 0 Å². The SMILES string of the molecule is Cc1cccc(C)c1[Se]c1ccccc1. The summed E-state index contributed by atoms with van der Waals surface area (Å²) in [6, 6.07) is 17.3. The maximum atomic E-state index is 2.21. The van der Waals surface area contributed by atoms with Crippen LogP contribution in [0.15, 0.2) is 48.5 Å². The first-order valence-electron chi connectivity index (χ1n) is 5.06. The molecule has 0 radical (unpaired) electrons. The Kier molecular flexibility index (Phi) is 3.25. The van der Waals surface area contributed by atoms with Crippen molar-refractivity contribution in [1.29, 1.82) is 0 Å². The number of benzene rings is 2. The van der Waals surface area contributed by atoms with Crippen molar-refractivity contribution in [2.75, 3.05) is 0 Å². The van der Waals surface area contributed by atoms with Gasteiger partial charge in [-0.25, -0.2) is 0 Å². The molecule has 0 nitrogen and oxygen atoms in total. The summed E-state index contributed by atoms with van der Waals surface area (Å²) in [5.41, 5.74) is 2.83. The van der Waals surface area contributed by atoms with Crippen molar-refractivity contribution in [3.05, 3.63) is 59.7 Å². The molecule has 0 heterocycles. The van der Waals surface area contributed by atoms with Crippen molar-refractivity contribution in [2.24, 2.45) is 0 Å². The summed E-state index contributed by atoms with van der Waals surface area (Å²) in [5.74, 6) is 0. The van der Waals surface area contributed by atoms with E-state index in [2.05, 4.69) is 62.4 Å². The zero-order valence-electron chi connectivity index (χ0n) is 9.03. The fourth-order valence-corrected chi connectivity index (χ4v) is 3.64. The fourth-order valence-electron chi connectivity index (χ4n) is 1.57. The molecule has 0 saturated heterocycles. The van der Waals surface area contributed by atoms with Crippen LogP contribution in [-0.4, -0.2) is 15.0 Å². The molecule has 0 aliphatic heterocycles. The molecule has 2 rings (SSSR count). The molecule has 0 fully saturated rings. The average Bonchev–Trinajstić information content (AvgIpc) is 2.25. The molecule has 0 aliphatic rings. The van der Waals surface area contributed by atoms with E-state index in [-0.39, 0.29) is 0 Å². The van der Waals surface area contributed by atoms with Crippen LogP contribution in [0.3, 0.4) is 0 Å². The van der Waals surface area contributed by atoms with E-state index in [9.17, 15) is 0 Å². The Morgan fingerprint density at radius 3 is 1.93 bits per heavy atom. The molecule has 0 aliphatic carbocycles. The molecule has 0 spiro atoms. The van der Waals surface area contributed by atoms with Crippen molar-refractivity contribution in [2.45, 2.75) is 13.8 Å². The average molecular weight is 261 g/mol. The molecule has 0 saturated carbocycles. The van der Waals surface area contributed by atoms with Gasteiger partial charge in [0.05, 0.1) is 0 Å². The molecular formula is C14H14Se. The van der Waals surface area contributed by atoms with E-state index in [0.717, 1.165) is 0 Å². The molecule has 15 heavy (non-hydrogen) atoms. The van der Waals surface area contributed by atoms with Gasteiger partial charge < -0.3 is 0 Å². The second-order valence-electron chi connectivity index (χ2n) is 3.64. The van der Waals surface area contributed by atoms with E-state index >= 15 is 0 Å². The van der Waals surface area contributed by atoms with Crippen molar-refractivity contribution in [3.63, 3.8) is 0 Å². The van der Waals surface area contributed by atoms with Gasteiger partial charge >= 0.3 is 97.4 Å². The molecule has 0 N–H and O–H groups in total. The number of hydrogen-bond acceptors (Lipinski definition) is 0. The van der Waals surface area contributed by atoms with Crippen LogP contribution in [0.5, 0.6) is 0 Å². The standard InChI is InChI=1S/C14H14Se/c1-11-7-6-8-12(2)14(11)15-13-9-4-3-5-10-13/h3-10H,1-2H3. The summed E-state index contributed by atoms with van der Waals surface area (Å²) in [7, 11) is 0. The Bertz CT molecular complexity index is 426. The van der Waals surface area contributed by atoms with Crippen LogP contribution in [0.2, 0.25) is 0 Å². The van der Waals surface area contributed by atoms with Gasteiger partial charge in [-0.05, 0) is 0 Å². The summed E-state index contributed by atoms with van der Waals surface area (Å²) >= 11 is 0.441. The second kappa shape index (κ2) is 4.65. The fraction of sp³-hybridized carbons (Fsp3) is 0.143. The third-order valence-corrected chi connectivity index (χ3v) is 5.22. The van der Waals surface area contributed by atoms with E-state index in [0.29, 0.717) is 15.0 Å². The van der Waals surface area contributed by atoms with E-state index in [4.69, 9.17) is 0 Å². The summed E-state index contributed by atoms with van der Waals surface area (Å²) in [6.07, 6.45) is 0. The summed E-state index contributed by atoms with van der Waals surface area (Å²) < 4.78 is 2.97. The minimum absolute atomic E-state index is 0.441. The van der Waals surface area contributed by atoms with Crippen molar-refractivity contribution in [1.82, 2.24) is 0 Å². The van der Waals surface area contributed by atoms with Gasteiger partial charge in [-0.3, -0.25) is 0 Å². The van der Waals surface area contributed by atoms with E-state index in [1.54, 1.807) is 0 Å². The normalized spacial score (nSPS) is 10.3. The molecule has 0 amide bonds. The molecule has 2 aromatic rings. The molecule has 2 aromatic carbocycles. The van der Waals surface area contributed by atoms with Gasteiger partial charge in [0, 0.05) is 0 Å². The summed E-state index contributed by atoms with van der Waals surface area (Å²) in [5, 5.41) is 0. The summed E-state index contributed by atoms with van der Waals surface area (Å²) in [6.45, 7) is 4.40. The van der Waals surface area contributed by atoms with Crippen LogP contribution in [0.25, 0.3) is 0 Å². The molecule has 0 aromatic heterocycles. The Labute approximate surface area is 97.5 Å². The second-order valence-corrected chi connectivity index (χ2v) is 5.91. The molecule has 0 atom stereocenters. The van der Waals surface area contributed by atoms with Crippen LogP contribution in [0, 0.1) is 13.8 Å². The molecule has 0 bridgehead atoms. The Morgan fingerprint density at radius 1 is 0.733 bits per heavy atom. The first-order chi connectivity index (χ1) is 7.27. The first-order valence-corrected chi connectivity index (χ1v) is 6.78.